The van der Waals surface area contributed by atoms with Crippen LogP contribution in [0.25, 0.3) is 0 Å². The van der Waals surface area contributed by atoms with Crippen LogP contribution in [0, 0.1) is 0 Å². The number of hydrogen-bond donors (Lipinski definition) is 1. The summed E-state index contributed by atoms with van der Waals surface area (Å²) in [5.74, 6) is -0.386. The van der Waals surface area contributed by atoms with Gasteiger partial charge in [0.2, 0.25) is 5.91 Å². The first-order valence-electron chi connectivity index (χ1n) is 7.18. The van der Waals surface area contributed by atoms with E-state index in [1.165, 1.54) is 7.11 Å². The van der Waals surface area contributed by atoms with Crippen LogP contribution in [0.3, 0.4) is 0 Å². The number of rotatable bonds is 9. The largest absolute Gasteiger partial charge is 0.465 e. The van der Waals surface area contributed by atoms with Crippen LogP contribution in [-0.2, 0) is 20.8 Å². The molecule has 22 heavy (non-hydrogen) atoms. The molecule has 1 amide bonds. The molecular weight excluding hydrogens is 284 g/mol. The van der Waals surface area contributed by atoms with E-state index in [0.717, 1.165) is 12.0 Å². The first kappa shape index (κ1) is 18.1. The summed E-state index contributed by atoms with van der Waals surface area (Å²) >= 11 is 0. The van der Waals surface area contributed by atoms with Crippen LogP contribution in [0.2, 0.25) is 0 Å². The van der Waals surface area contributed by atoms with Crippen molar-refractivity contribution in [2.45, 2.75) is 13.0 Å². The Morgan fingerprint density at radius 3 is 2.73 bits per heavy atom. The van der Waals surface area contributed by atoms with Gasteiger partial charge in [0.25, 0.3) is 0 Å². The molecule has 0 unspecified atom stereocenters. The monoisotopic (exact) mass is 308 g/mol. The van der Waals surface area contributed by atoms with Gasteiger partial charge in [-0.15, -0.1) is 0 Å². The number of hydrogen-bond acceptors (Lipinski definition) is 5. The second-order valence-electron chi connectivity index (χ2n) is 5.06. The van der Waals surface area contributed by atoms with E-state index >= 15 is 0 Å². The Morgan fingerprint density at radius 2 is 2.05 bits per heavy atom. The number of nitrogens with zero attached hydrogens (tertiary/aromatic N) is 1. The molecule has 1 aromatic carbocycles. The predicted molar refractivity (Wildman–Crippen MR) is 83.6 cm³/mol. The van der Waals surface area contributed by atoms with Crippen LogP contribution < -0.4 is 5.32 Å². The maximum Gasteiger partial charge on any atom is 0.337 e. The minimum Gasteiger partial charge on any atom is -0.465 e. The van der Waals surface area contributed by atoms with Crippen molar-refractivity contribution in [2.75, 3.05) is 41.0 Å². The fraction of sp³-hybridized carbons (Fsp3) is 0.500. The van der Waals surface area contributed by atoms with Gasteiger partial charge < -0.3 is 14.8 Å². The molecule has 1 rings (SSSR count). The van der Waals surface area contributed by atoms with Gasteiger partial charge in [0.15, 0.2) is 0 Å². The predicted octanol–water partition coefficient (Wildman–Crippen LogP) is 1.06. The van der Waals surface area contributed by atoms with E-state index in [1.807, 2.05) is 18.0 Å². The first-order valence-corrected chi connectivity index (χ1v) is 7.18. The fourth-order valence-corrected chi connectivity index (χ4v) is 2.03. The van der Waals surface area contributed by atoms with Gasteiger partial charge in [0.05, 0.1) is 19.2 Å². The Bertz CT molecular complexity index is 491. The first-order chi connectivity index (χ1) is 10.6. The molecule has 0 heterocycles. The van der Waals surface area contributed by atoms with E-state index < -0.39 is 0 Å². The fourth-order valence-electron chi connectivity index (χ4n) is 2.03. The maximum atomic E-state index is 11.8. The van der Waals surface area contributed by atoms with Gasteiger partial charge in [-0.25, -0.2) is 4.79 Å². The van der Waals surface area contributed by atoms with Gasteiger partial charge in [-0.3, -0.25) is 9.69 Å². The van der Waals surface area contributed by atoms with Crippen LogP contribution >= 0.6 is 0 Å². The summed E-state index contributed by atoms with van der Waals surface area (Å²) in [5.41, 5.74) is 1.47. The summed E-state index contributed by atoms with van der Waals surface area (Å²) in [7, 11) is 4.85. The lowest BCUT2D eigenvalue weighted by Crippen LogP contribution is -2.35. The topological polar surface area (TPSA) is 67.9 Å². The van der Waals surface area contributed by atoms with Crippen molar-refractivity contribution < 1.29 is 19.1 Å². The molecule has 0 radical (unpaired) electrons. The molecule has 6 nitrogen and oxygen atoms in total. The highest BCUT2D eigenvalue weighted by molar-refractivity contribution is 5.89. The lowest BCUT2D eigenvalue weighted by Gasteiger charge is -2.16. The SMILES string of the molecule is COCCCNC(=O)CN(C)Cc1cccc(C(=O)OC)c1. The molecule has 6 heteroatoms. The zero-order chi connectivity index (χ0) is 16.4. The van der Waals surface area contributed by atoms with Gasteiger partial charge in [0.1, 0.15) is 0 Å². The minimum atomic E-state index is -0.361. The third kappa shape index (κ3) is 6.69. The van der Waals surface area contributed by atoms with Crippen molar-refractivity contribution >= 4 is 11.9 Å². The van der Waals surface area contributed by atoms with Crippen LogP contribution in [0.15, 0.2) is 24.3 Å². The van der Waals surface area contributed by atoms with E-state index in [4.69, 9.17) is 9.47 Å². The van der Waals surface area contributed by atoms with E-state index in [-0.39, 0.29) is 11.9 Å². The van der Waals surface area contributed by atoms with Crippen LogP contribution in [0.4, 0.5) is 0 Å². The van der Waals surface area contributed by atoms with Gasteiger partial charge in [0, 0.05) is 26.8 Å². The van der Waals surface area contributed by atoms with Crippen LogP contribution in [0.1, 0.15) is 22.3 Å². The number of carbonyl (C=O) groups excluding carboxylic acids is 2. The lowest BCUT2D eigenvalue weighted by molar-refractivity contribution is -0.122. The number of nitrogens with one attached hydrogen (secondary N) is 1. The zero-order valence-corrected chi connectivity index (χ0v) is 13.4. The molecule has 0 aliphatic heterocycles. The van der Waals surface area contributed by atoms with Crippen molar-refractivity contribution in [1.82, 2.24) is 10.2 Å². The van der Waals surface area contributed by atoms with Crippen molar-refractivity contribution in [3.8, 4) is 0 Å². The molecule has 0 saturated heterocycles. The second kappa shape index (κ2) is 9.92. The molecule has 0 aromatic heterocycles. The third-order valence-electron chi connectivity index (χ3n) is 3.06. The van der Waals surface area contributed by atoms with Crippen LogP contribution in [0.5, 0.6) is 0 Å². The summed E-state index contributed by atoms with van der Waals surface area (Å²) in [6, 6.07) is 7.20. The molecule has 0 saturated carbocycles. The summed E-state index contributed by atoms with van der Waals surface area (Å²) in [4.78, 5) is 25.1. The molecule has 122 valence electrons. The molecule has 0 atom stereocenters. The smallest absolute Gasteiger partial charge is 0.337 e. The van der Waals surface area contributed by atoms with Crippen molar-refractivity contribution in [1.29, 1.82) is 0 Å². The Hall–Kier alpha value is -1.92. The lowest BCUT2D eigenvalue weighted by atomic mass is 10.1. The summed E-state index contributed by atoms with van der Waals surface area (Å²) in [6.07, 6.45) is 0.799. The van der Waals surface area contributed by atoms with Gasteiger partial charge in [-0.2, -0.15) is 0 Å². The van der Waals surface area contributed by atoms with Gasteiger partial charge in [-0.1, -0.05) is 12.1 Å². The Morgan fingerprint density at radius 1 is 1.27 bits per heavy atom. The van der Waals surface area contributed by atoms with Crippen molar-refractivity contribution in [2.24, 2.45) is 0 Å². The van der Waals surface area contributed by atoms with Gasteiger partial charge >= 0.3 is 5.97 Å². The second-order valence-corrected chi connectivity index (χ2v) is 5.06. The number of amides is 1. The highest BCUT2D eigenvalue weighted by Crippen LogP contribution is 2.08. The van der Waals surface area contributed by atoms with Crippen molar-refractivity contribution in [3.63, 3.8) is 0 Å². The number of likely N-dealkylation sites (N-methyl/N-ethyl adjacent to an activating group) is 1. The van der Waals surface area contributed by atoms with E-state index in [1.54, 1.807) is 25.3 Å². The Kier molecular flexibility index (Phi) is 8.17. The number of methoxy groups -OCH3 is 2. The van der Waals surface area contributed by atoms with E-state index in [9.17, 15) is 9.59 Å². The Labute approximate surface area is 131 Å². The summed E-state index contributed by atoms with van der Waals surface area (Å²) in [5, 5.41) is 2.84. The van der Waals surface area contributed by atoms with Gasteiger partial charge in [-0.05, 0) is 31.2 Å². The molecule has 0 spiro atoms. The molecule has 0 bridgehead atoms. The molecule has 1 N–H and O–H groups in total. The average molecular weight is 308 g/mol. The minimum absolute atomic E-state index is 0.0253. The number of esters is 1. The Balaban J connectivity index is 2.42. The summed E-state index contributed by atoms with van der Waals surface area (Å²) < 4.78 is 9.62. The average Bonchev–Trinajstić information content (AvgIpc) is 2.51. The number of ether oxygens (including phenoxy) is 2. The quantitative estimate of drug-likeness (QED) is 0.546. The molecular formula is C16H24N2O4. The van der Waals surface area contributed by atoms with Crippen molar-refractivity contribution in [3.05, 3.63) is 35.4 Å². The van der Waals surface area contributed by atoms with Crippen LogP contribution in [-0.4, -0.2) is 57.7 Å². The third-order valence-corrected chi connectivity index (χ3v) is 3.06. The molecule has 0 aliphatic carbocycles. The van der Waals surface area contributed by atoms with E-state index in [2.05, 4.69) is 5.32 Å². The maximum absolute atomic E-state index is 11.8. The zero-order valence-electron chi connectivity index (χ0n) is 13.4. The molecule has 0 aliphatic rings. The van der Waals surface area contributed by atoms with E-state index in [0.29, 0.717) is 31.8 Å². The highest BCUT2D eigenvalue weighted by atomic mass is 16.5. The number of carbonyl (C=O) groups is 2. The molecule has 0 fully saturated rings. The summed E-state index contributed by atoms with van der Waals surface area (Å²) in [6.45, 7) is 2.13. The normalized spacial score (nSPS) is 10.5. The number of benzene rings is 1. The highest BCUT2D eigenvalue weighted by Gasteiger charge is 2.09. The standard InChI is InChI=1S/C16H24N2O4/c1-18(12-15(19)17-8-5-9-21-2)11-13-6-4-7-14(10-13)16(20)22-3/h4,6-7,10H,5,8-9,11-12H2,1-3H3,(H,17,19). The molecule has 1 aromatic rings.